The van der Waals surface area contributed by atoms with E-state index < -0.39 is 0 Å². The van der Waals surface area contributed by atoms with Crippen LogP contribution in [0.15, 0.2) is 48.5 Å². The summed E-state index contributed by atoms with van der Waals surface area (Å²) in [7, 11) is 0. The first-order valence-electron chi connectivity index (χ1n) is 7.26. The first kappa shape index (κ1) is 13.2. The van der Waals surface area contributed by atoms with Gasteiger partial charge in [-0.2, -0.15) is 0 Å². The van der Waals surface area contributed by atoms with Crippen LogP contribution in [0.1, 0.15) is 43.2 Å². The molecule has 20 heavy (non-hydrogen) atoms. The Morgan fingerprint density at radius 1 is 0.850 bits per heavy atom. The van der Waals surface area contributed by atoms with Gasteiger partial charge in [-0.25, -0.2) is 4.39 Å². The van der Waals surface area contributed by atoms with Crippen molar-refractivity contribution in [1.82, 2.24) is 0 Å². The minimum absolute atomic E-state index is 0.103. The summed E-state index contributed by atoms with van der Waals surface area (Å²) in [6.07, 6.45) is 5.66. The maximum Gasteiger partial charge on any atom is 0.123 e. The van der Waals surface area contributed by atoms with Gasteiger partial charge in [0.05, 0.1) is 0 Å². The Hall–Kier alpha value is -1.83. The maximum absolute atomic E-state index is 13.6. The normalized spacial score (nSPS) is 17.9. The lowest BCUT2D eigenvalue weighted by molar-refractivity contribution is 0.344. The fourth-order valence-corrected chi connectivity index (χ4v) is 3.47. The van der Waals surface area contributed by atoms with Crippen molar-refractivity contribution in [1.29, 1.82) is 0 Å². The Kier molecular flexibility index (Phi) is 3.47. The topological polar surface area (TPSA) is 20.2 Å². The molecule has 0 saturated heterocycles. The first-order chi connectivity index (χ1) is 9.71. The van der Waals surface area contributed by atoms with E-state index in [1.54, 1.807) is 24.3 Å². The van der Waals surface area contributed by atoms with E-state index in [2.05, 4.69) is 0 Å². The quantitative estimate of drug-likeness (QED) is 0.832. The average Bonchev–Trinajstić information content (AvgIpc) is 2.49. The summed E-state index contributed by atoms with van der Waals surface area (Å²) in [5, 5.41) is 9.49. The van der Waals surface area contributed by atoms with Gasteiger partial charge in [0.15, 0.2) is 0 Å². The summed E-state index contributed by atoms with van der Waals surface area (Å²) in [6, 6.07) is 14.4. The molecule has 0 aromatic heterocycles. The summed E-state index contributed by atoms with van der Waals surface area (Å²) in [5.41, 5.74) is 2.14. The van der Waals surface area contributed by atoms with Gasteiger partial charge >= 0.3 is 0 Å². The van der Waals surface area contributed by atoms with Gasteiger partial charge < -0.3 is 5.11 Å². The lowest BCUT2D eigenvalue weighted by Crippen LogP contribution is -2.30. The largest absolute Gasteiger partial charge is 0.508 e. The number of hydrogen-bond acceptors (Lipinski definition) is 1. The predicted octanol–water partition coefficient (Wildman–Crippen LogP) is 4.78. The highest BCUT2D eigenvalue weighted by Gasteiger charge is 2.35. The van der Waals surface area contributed by atoms with E-state index >= 15 is 0 Å². The van der Waals surface area contributed by atoms with Crippen LogP contribution in [0.5, 0.6) is 5.75 Å². The molecule has 0 spiro atoms. The van der Waals surface area contributed by atoms with Crippen molar-refractivity contribution in [2.24, 2.45) is 0 Å². The second kappa shape index (κ2) is 5.28. The van der Waals surface area contributed by atoms with Crippen LogP contribution in [0, 0.1) is 5.82 Å². The molecule has 1 aliphatic carbocycles. The molecule has 0 amide bonds. The molecule has 1 N–H and O–H groups in total. The molecule has 0 atom stereocenters. The second-order valence-corrected chi connectivity index (χ2v) is 5.70. The SMILES string of the molecule is Oc1ccc(C2(c3cccc(F)c3)CCCCC2)cc1. The van der Waals surface area contributed by atoms with E-state index in [1.807, 2.05) is 18.2 Å². The van der Waals surface area contributed by atoms with Crippen molar-refractivity contribution in [2.45, 2.75) is 37.5 Å². The third-order valence-corrected chi connectivity index (χ3v) is 4.50. The maximum atomic E-state index is 13.6. The molecule has 1 nitrogen and oxygen atoms in total. The van der Waals surface area contributed by atoms with Crippen LogP contribution in [-0.4, -0.2) is 5.11 Å². The van der Waals surface area contributed by atoms with E-state index in [0.717, 1.165) is 31.2 Å². The average molecular weight is 270 g/mol. The van der Waals surface area contributed by atoms with E-state index in [1.165, 1.54) is 18.1 Å². The highest BCUT2D eigenvalue weighted by atomic mass is 19.1. The Labute approximate surface area is 119 Å². The van der Waals surface area contributed by atoms with Crippen molar-refractivity contribution in [2.75, 3.05) is 0 Å². The molecule has 0 heterocycles. The van der Waals surface area contributed by atoms with Crippen LogP contribution in [0.2, 0.25) is 0 Å². The fraction of sp³-hybridized carbons (Fsp3) is 0.333. The molecule has 3 rings (SSSR count). The third kappa shape index (κ3) is 2.31. The van der Waals surface area contributed by atoms with Crippen molar-refractivity contribution in [3.05, 3.63) is 65.5 Å². The number of hydrogen-bond donors (Lipinski definition) is 1. The van der Waals surface area contributed by atoms with Crippen LogP contribution in [0.25, 0.3) is 0 Å². The Morgan fingerprint density at radius 3 is 2.20 bits per heavy atom. The Balaban J connectivity index is 2.11. The minimum Gasteiger partial charge on any atom is -0.508 e. The smallest absolute Gasteiger partial charge is 0.123 e. The number of rotatable bonds is 2. The van der Waals surface area contributed by atoms with Gasteiger partial charge in [-0.1, -0.05) is 43.5 Å². The zero-order valence-electron chi connectivity index (χ0n) is 11.5. The molecule has 0 aliphatic heterocycles. The van der Waals surface area contributed by atoms with Gasteiger partial charge in [0.2, 0.25) is 0 Å². The van der Waals surface area contributed by atoms with Gasteiger partial charge in [-0.15, -0.1) is 0 Å². The van der Waals surface area contributed by atoms with Gasteiger partial charge in [0.1, 0.15) is 11.6 Å². The second-order valence-electron chi connectivity index (χ2n) is 5.70. The molecule has 0 bridgehead atoms. The summed E-state index contributed by atoms with van der Waals surface area (Å²) < 4.78 is 13.6. The highest BCUT2D eigenvalue weighted by molar-refractivity contribution is 5.41. The number of phenols is 1. The van der Waals surface area contributed by atoms with Crippen molar-refractivity contribution in [3.8, 4) is 5.75 Å². The van der Waals surface area contributed by atoms with E-state index in [4.69, 9.17) is 0 Å². The van der Waals surface area contributed by atoms with Crippen LogP contribution >= 0.6 is 0 Å². The molecule has 2 aromatic carbocycles. The Bertz CT molecular complexity index is 583. The molecular formula is C18H19FO. The van der Waals surface area contributed by atoms with Crippen LogP contribution in [0.4, 0.5) is 4.39 Å². The standard InChI is InChI=1S/C18H19FO/c19-16-6-4-5-15(13-16)18(11-2-1-3-12-18)14-7-9-17(20)10-8-14/h4-10,13,20H,1-3,11-12H2. The number of benzene rings is 2. The van der Waals surface area contributed by atoms with Gasteiger partial charge in [-0.3, -0.25) is 0 Å². The van der Waals surface area contributed by atoms with E-state index in [9.17, 15) is 9.50 Å². The molecule has 0 unspecified atom stereocenters. The molecule has 1 aliphatic rings. The van der Waals surface area contributed by atoms with E-state index in [-0.39, 0.29) is 17.0 Å². The lowest BCUT2D eigenvalue weighted by Gasteiger charge is -2.38. The summed E-state index contributed by atoms with van der Waals surface area (Å²) in [6.45, 7) is 0. The van der Waals surface area contributed by atoms with Gasteiger partial charge in [0.25, 0.3) is 0 Å². The number of aromatic hydroxyl groups is 1. The first-order valence-corrected chi connectivity index (χ1v) is 7.26. The van der Waals surface area contributed by atoms with Crippen molar-refractivity contribution >= 4 is 0 Å². The summed E-state index contributed by atoms with van der Waals surface area (Å²) in [5.74, 6) is 0.102. The molecule has 0 radical (unpaired) electrons. The highest BCUT2D eigenvalue weighted by Crippen LogP contribution is 2.45. The predicted molar refractivity (Wildman–Crippen MR) is 78.4 cm³/mol. The van der Waals surface area contributed by atoms with Crippen LogP contribution in [0.3, 0.4) is 0 Å². The van der Waals surface area contributed by atoms with Gasteiger partial charge in [-0.05, 0) is 48.2 Å². The molecule has 2 heteroatoms. The van der Waals surface area contributed by atoms with Crippen molar-refractivity contribution in [3.63, 3.8) is 0 Å². The third-order valence-electron chi connectivity index (χ3n) is 4.50. The zero-order chi connectivity index (χ0) is 14.0. The molecule has 104 valence electrons. The molecular weight excluding hydrogens is 251 g/mol. The zero-order valence-corrected chi connectivity index (χ0v) is 11.5. The van der Waals surface area contributed by atoms with E-state index in [0.29, 0.717) is 0 Å². The monoisotopic (exact) mass is 270 g/mol. The van der Waals surface area contributed by atoms with Crippen molar-refractivity contribution < 1.29 is 9.50 Å². The van der Waals surface area contributed by atoms with Gasteiger partial charge in [0, 0.05) is 5.41 Å². The summed E-state index contributed by atoms with van der Waals surface area (Å²) >= 11 is 0. The molecule has 2 aromatic rings. The van der Waals surface area contributed by atoms with Crippen LogP contribution in [-0.2, 0) is 5.41 Å². The summed E-state index contributed by atoms with van der Waals surface area (Å²) in [4.78, 5) is 0. The minimum atomic E-state index is -0.175. The Morgan fingerprint density at radius 2 is 1.55 bits per heavy atom. The fourth-order valence-electron chi connectivity index (χ4n) is 3.47. The number of halogens is 1. The molecule has 1 saturated carbocycles. The van der Waals surface area contributed by atoms with Crippen LogP contribution < -0.4 is 0 Å². The number of phenolic OH excluding ortho intramolecular Hbond substituents is 1. The lowest BCUT2D eigenvalue weighted by atomic mass is 9.65. The molecule has 1 fully saturated rings.